The summed E-state index contributed by atoms with van der Waals surface area (Å²) in [5.41, 5.74) is 6.33. The molecule has 0 unspecified atom stereocenters. The normalized spacial score (nSPS) is 13.6. The number of halogens is 1. The zero-order valence-electron chi connectivity index (χ0n) is 21.8. The number of anilines is 3. The maximum Gasteiger partial charge on any atom is 0.258 e. The summed E-state index contributed by atoms with van der Waals surface area (Å²) in [5, 5.41) is 6.93. The summed E-state index contributed by atoms with van der Waals surface area (Å²) in [7, 11) is 3.72. The number of carbonyl (C=O) groups is 2. The number of rotatable bonds is 8. The molecule has 0 aliphatic carbocycles. The third kappa shape index (κ3) is 6.03. The maximum atomic E-state index is 13.1. The Balaban J connectivity index is 1.35. The van der Waals surface area contributed by atoms with E-state index in [9.17, 15) is 9.59 Å². The Hall–Kier alpha value is -4.39. The number of hydrogen-bond acceptors (Lipinski definition) is 4. The summed E-state index contributed by atoms with van der Waals surface area (Å²) in [6, 6.07) is 32.8. The minimum atomic E-state index is -0.194. The van der Waals surface area contributed by atoms with E-state index in [4.69, 9.17) is 11.6 Å². The first-order valence-electron chi connectivity index (χ1n) is 12.7. The summed E-state index contributed by atoms with van der Waals surface area (Å²) < 4.78 is 0. The van der Waals surface area contributed by atoms with Crippen molar-refractivity contribution < 1.29 is 9.59 Å². The average molecular weight is 537 g/mol. The van der Waals surface area contributed by atoms with Gasteiger partial charge in [-0.15, -0.1) is 0 Å². The van der Waals surface area contributed by atoms with Crippen LogP contribution in [0.25, 0.3) is 11.3 Å². The topological polar surface area (TPSA) is 64.7 Å². The van der Waals surface area contributed by atoms with Crippen molar-refractivity contribution in [1.82, 2.24) is 4.90 Å². The fourth-order valence-electron chi connectivity index (χ4n) is 4.62. The highest BCUT2D eigenvalue weighted by molar-refractivity contribution is 6.38. The van der Waals surface area contributed by atoms with Crippen LogP contribution in [0, 0.1) is 0 Å². The molecule has 0 spiro atoms. The van der Waals surface area contributed by atoms with Gasteiger partial charge in [-0.25, -0.2) is 0 Å². The van der Waals surface area contributed by atoms with Crippen molar-refractivity contribution in [3.05, 3.63) is 125 Å². The molecule has 1 aliphatic heterocycles. The van der Waals surface area contributed by atoms with E-state index in [-0.39, 0.29) is 11.8 Å². The van der Waals surface area contributed by atoms with Gasteiger partial charge in [0.15, 0.2) is 0 Å². The van der Waals surface area contributed by atoms with Crippen LogP contribution in [-0.2, 0) is 16.1 Å². The van der Waals surface area contributed by atoms with E-state index in [1.807, 2.05) is 90.8 Å². The first-order valence-corrected chi connectivity index (χ1v) is 13.0. The molecule has 2 N–H and O–H groups in total. The number of carbonyl (C=O) groups excluding carboxylic acids is 2. The summed E-state index contributed by atoms with van der Waals surface area (Å²) in [5.74, 6) is -0.195. The number of fused-ring (bicyclic) bond motifs is 1. The fourth-order valence-corrected chi connectivity index (χ4v) is 4.79. The van der Waals surface area contributed by atoms with Crippen LogP contribution in [0.5, 0.6) is 0 Å². The number of benzene rings is 4. The molecule has 0 fully saturated rings. The Kier molecular flexibility index (Phi) is 7.77. The summed E-state index contributed by atoms with van der Waals surface area (Å²) in [4.78, 5) is 29.7. The lowest BCUT2D eigenvalue weighted by atomic mass is 10.00. The Labute approximate surface area is 233 Å². The molecule has 7 heteroatoms. The van der Waals surface area contributed by atoms with Crippen molar-refractivity contribution >= 4 is 51.7 Å². The first kappa shape index (κ1) is 26.2. The lowest BCUT2D eigenvalue weighted by molar-refractivity contribution is -0.119. The van der Waals surface area contributed by atoms with Crippen LogP contribution in [0.2, 0.25) is 5.02 Å². The molecule has 0 radical (unpaired) electrons. The maximum absolute atomic E-state index is 13.1. The standard InChI is InChI=1S/C32H29ClN4O2/c1-36(20-22-9-5-3-6-10-22)21-29(38)37(2)26-16-14-25(15-17-26)34-31(23-11-7-4-8-12-23)30-27-18-13-24(33)19-28(27)35-32(30)39/h3-19,34H,20-21H2,1-2H3,(H,35,39)/b31-30-. The van der Waals surface area contributed by atoms with Gasteiger partial charge >= 0.3 is 0 Å². The highest BCUT2D eigenvalue weighted by Gasteiger charge is 2.28. The predicted molar refractivity (Wildman–Crippen MR) is 160 cm³/mol. The number of nitrogens with zero attached hydrogens (tertiary/aromatic N) is 2. The minimum absolute atomic E-state index is 0.000808. The predicted octanol–water partition coefficient (Wildman–Crippen LogP) is 6.37. The molecule has 1 aliphatic rings. The van der Waals surface area contributed by atoms with Gasteiger partial charge in [-0.1, -0.05) is 78.3 Å². The van der Waals surface area contributed by atoms with E-state index in [0.29, 0.717) is 35.1 Å². The zero-order chi connectivity index (χ0) is 27.4. The van der Waals surface area contributed by atoms with Crippen molar-refractivity contribution in [2.45, 2.75) is 6.54 Å². The van der Waals surface area contributed by atoms with Gasteiger partial charge in [-0.05, 0) is 54.6 Å². The van der Waals surface area contributed by atoms with Crippen LogP contribution in [0.1, 0.15) is 16.7 Å². The largest absolute Gasteiger partial charge is 0.354 e. The molecule has 0 saturated carbocycles. The molecule has 0 saturated heterocycles. The SMILES string of the molecule is CN(CC(=O)N(C)c1ccc(N/C(=C2\C(=O)Nc3cc(Cl)ccc32)c2ccccc2)cc1)Cc1ccccc1. The Morgan fingerprint density at radius 2 is 1.54 bits per heavy atom. The molecular weight excluding hydrogens is 508 g/mol. The number of amides is 2. The lowest BCUT2D eigenvalue weighted by Crippen LogP contribution is -2.36. The summed E-state index contributed by atoms with van der Waals surface area (Å²) in [6.45, 7) is 0.997. The van der Waals surface area contributed by atoms with E-state index < -0.39 is 0 Å². The van der Waals surface area contributed by atoms with Gasteiger partial charge in [0.25, 0.3) is 5.91 Å². The van der Waals surface area contributed by atoms with E-state index in [1.54, 1.807) is 24.1 Å². The molecule has 39 heavy (non-hydrogen) atoms. The van der Waals surface area contributed by atoms with Gasteiger partial charge < -0.3 is 15.5 Å². The van der Waals surface area contributed by atoms with Crippen LogP contribution in [-0.4, -0.2) is 37.4 Å². The third-order valence-corrected chi connectivity index (χ3v) is 6.87. The fraction of sp³-hybridized carbons (Fsp3) is 0.125. The molecule has 0 aromatic heterocycles. The number of likely N-dealkylation sites (N-methyl/N-ethyl adjacent to an activating group) is 2. The van der Waals surface area contributed by atoms with Crippen LogP contribution < -0.4 is 15.5 Å². The van der Waals surface area contributed by atoms with Crippen LogP contribution in [0.3, 0.4) is 0 Å². The van der Waals surface area contributed by atoms with E-state index >= 15 is 0 Å². The molecular formula is C32H29ClN4O2. The van der Waals surface area contributed by atoms with Crippen molar-refractivity contribution in [2.24, 2.45) is 0 Å². The van der Waals surface area contributed by atoms with Gasteiger partial charge in [0.05, 0.1) is 23.5 Å². The molecule has 196 valence electrons. The average Bonchev–Trinajstić information content (AvgIpc) is 3.27. The number of hydrogen-bond donors (Lipinski definition) is 2. The zero-order valence-corrected chi connectivity index (χ0v) is 22.6. The quantitative estimate of drug-likeness (QED) is 0.257. The van der Waals surface area contributed by atoms with Crippen molar-refractivity contribution in [3.63, 3.8) is 0 Å². The summed E-state index contributed by atoms with van der Waals surface area (Å²) in [6.07, 6.45) is 0. The molecule has 4 aromatic rings. The Morgan fingerprint density at radius 3 is 2.23 bits per heavy atom. The minimum Gasteiger partial charge on any atom is -0.354 e. The van der Waals surface area contributed by atoms with Crippen LogP contribution in [0.15, 0.2) is 103 Å². The van der Waals surface area contributed by atoms with Crippen molar-refractivity contribution in [1.29, 1.82) is 0 Å². The van der Waals surface area contributed by atoms with Gasteiger partial charge in [0.2, 0.25) is 5.91 Å². The van der Waals surface area contributed by atoms with Crippen molar-refractivity contribution in [3.8, 4) is 0 Å². The molecule has 5 rings (SSSR count). The summed E-state index contributed by atoms with van der Waals surface area (Å²) >= 11 is 6.16. The van der Waals surface area contributed by atoms with E-state index in [0.717, 1.165) is 28.1 Å². The van der Waals surface area contributed by atoms with Crippen molar-refractivity contribution in [2.75, 3.05) is 36.2 Å². The van der Waals surface area contributed by atoms with E-state index in [1.165, 1.54) is 0 Å². The van der Waals surface area contributed by atoms with Gasteiger partial charge in [-0.3, -0.25) is 14.5 Å². The van der Waals surface area contributed by atoms with Crippen LogP contribution >= 0.6 is 11.6 Å². The monoisotopic (exact) mass is 536 g/mol. The third-order valence-electron chi connectivity index (χ3n) is 6.64. The smallest absolute Gasteiger partial charge is 0.258 e. The first-order chi connectivity index (χ1) is 18.9. The molecule has 6 nitrogen and oxygen atoms in total. The highest BCUT2D eigenvalue weighted by atomic mass is 35.5. The van der Waals surface area contributed by atoms with Gasteiger partial charge in [-0.2, -0.15) is 0 Å². The number of nitrogens with one attached hydrogen (secondary N) is 2. The second kappa shape index (κ2) is 11.6. The van der Waals surface area contributed by atoms with Gasteiger partial charge in [0, 0.05) is 35.6 Å². The molecule has 0 bridgehead atoms. The van der Waals surface area contributed by atoms with Crippen LogP contribution in [0.4, 0.5) is 17.1 Å². The second-order valence-electron chi connectivity index (χ2n) is 9.54. The molecule has 4 aromatic carbocycles. The van der Waals surface area contributed by atoms with Gasteiger partial charge in [0.1, 0.15) is 0 Å². The second-order valence-corrected chi connectivity index (χ2v) is 9.98. The van der Waals surface area contributed by atoms with E-state index in [2.05, 4.69) is 22.8 Å². The Morgan fingerprint density at radius 1 is 0.872 bits per heavy atom. The molecule has 0 atom stereocenters. The lowest BCUT2D eigenvalue weighted by Gasteiger charge is -2.22. The highest BCUT2D eigenvalue weighted by Crippen LogP contribution is 2.38. The molecule has 1 heterocycles. The Bertz CT molecular complexity index is 1520. The molecule has 2 amide bonds.